The lowest BCUT2D eigenvalue weighted by Crippen LogP contribution is -2.43. The number of aliphatic carboxylic acids is 1. The summed E-state index contributed by atoms with van der Waals surface area (Å²) in [6.45, 7) is 6.73. The molecule has 82 valence electrons. The molecular formula is C9H18N2O3. The minimum absolute atomic E-state index is 0.462. The molecule has 0 aromatic carbocycles. The molecule has 0 aromatic rings. The van der Waals surface area contributed by atoms with Crippen molar-refractivity contribution in [3.63, 3.8) is 0 Å². The zero-order chi connectivity index (χ0) is 10.4. The standard InChI is InChI=1S/C9H18N2O3/c1-8(9(12)13)10-2-3-11-4-6-14-7-5-11/h8,10H,2-7H2,1H3,(H,12,13)/t8-/m0/s1. The quantitative estimate of drug-likeness (QED) is 0.622. The highest BCUT2D eigenvalue weighted by molar-refractivity contribution is 5.72. The zero-order valence-corrected chi connectivity index (χ0v) is 8.53. The molecule has 1 saturated heterocycles. The highest BCUT2D eigenvalue weighted by Crippen LogP contribution is 1.94. The largest absolute Gasteiger partial charge is 0.480 e. The first-order valence-electron chi connectivity index (χ1n) is 4.96. The number of rotatable bonds is 5. The molecular weight excluding hydrogens is 184 g/mol. The van der Waals surface area contributed by atoms with Crippen molar-refractivity contribution in [1.82, 2.24) is 10.2 Å². The van der Waals surface area contributed by atoms with Crippen molar-refractivity contribution in [2.24, 2.45) is 0 Å². The third-order valence-electron chi connectivity index (χ3n) is 2.35. The van der Waals surface area contributed by atoms with Gasteiger partial charge in [0.15, 0.2) is 0 Å². The van der Waals surface area contributed by atoms with Gasteiger partial charge in [0.05, 0.1) is 13.2 Å². The summed E-state index contributed by atoms with van der Waals surface area (Å²) in [6, 6.07) is -0.462. The Morgan fingerprint density at radius 1 is 1.57 bits per heavy atom. The van der Waals surface area contributed by atoms with Gasteiger partial charge in [0.2, 0.25) is 0 Å². The predicted octanol–water partition coefficient (Wildman–Crippen LogP) is -0.619. The molecule has 14 heavy (non-hydrogen) atoms. The first-order valence-corrected chi connectivity index (χ1v) is 4.96. The molecule has 1 heterocycles. The number of nitrogens with zero attached hydrogens (tertiary/aromatic N) is 1. The van der Waals surface area contributed by atoms with Crippen LogP contribution in [0.5, 0.6) is 0 Å². The van der Waals surface area contributed by atoms with Gasteiger partial charge in [-0.3, -0.25) is 9.69 Å². The molecule has 0 saturated carbocycles. The molecule has 0 spiro atoms. The van der Waals surface area contributed by atoms with Gasteiger partial charge in [0.1, 0.15) is 6.04 Å². The van der Waals surface area contributed by atoms with Crippen molar-refractivity contribution in [3.8, 4) is 0 Å². The summed E-state index contributed by atoms with van der Waals surface area (Å²) in [7, 11) is 0. The number of nitrogens with one attached hydrogen (secondary N) is 1. The van der Waals surface area contributed by atoms with E-state index >= 15 is 0 Å². The van der Waals surface area contributed by atoms with Crippen molar-refractivity contribution in [3.05, 3.63) is 0 Å². The number of carboxylic acid groups (broad SMARTS) is 1. The van der Waals surface area contributed by atoms with Crippen molar-refractivity contribution < 1.29 is 14.6 Å². The lowest BCUT2D eigenvalue weighted by molar-refractivity contribution is -0.139. The van der Waals surface area contributed by atoms with E-state index in [9.17, 15) is 4.79 Å². The lowest BCUT2D eigenvalue weighted by Gasteiger charge is -2.26. The predicted molar refractivity (Wildman–Crippen MR) is 52.4 cm³/mol. The lowest BCUT2D eigenvalue weighted by atomic mass is 10.3. The smallest absolute Gasteiger partial charge is 0.320 e. The molecule has 1 fully saturated rings. The fourth-order valence-corrected chi connectivity index (χ4v) is 1.35. The Morgan fingerprint density at radius 2 is 2.21 bits per heavy atom. The summed E-state index contributed by atoms with van der Waals surface area (Å²) >= 11 is 0. The van der Waals surface area contributed by atoms with E-state index in [1.165, 1.54) is 0 Å². The number of ether oxygens (including phenoxy) is 1. The molecule has 5 nitrogen and oxygen atoms in total. The van der Waals surface area contributed by atoms with Gasteiger partial charge in [-0.25, -0.2) is 0 Å². The molecule has 1 rings (SSSR count). The van der Waals surface area contributed by atoms with Crippen LogP contribution >= 0.6 is 0 Å². The third-order valence-corrected chi connectivity index (χ3v) is 2.35. The van der Waals surface area contributed by atoms with E-state index in [1.807, 2.05) is 0 Å². The summed E-state index contributed by atoms with van der Waals surface area (Å²) in [5.74, 6) is -0.799. The van der Waals surface area contributed by atoms with Gasteiger partial charge in [-0.05, 0) is 6.92 Å². The molecule has 1 atom stereocenters. The number of hydrogen-bond donors (Lipinski definition) is 2. The Morgan fingerprint density at radius 3 is 2.79 bits per heavy atom. The Balaban J connectivity index is 2.05. The number of hydrogen-bond acceptors (Lipinski definition) is 4. The maximum absolute atomic E-state index is 10.5. The van der Waals surface area contributed by atoms with Crippen LogP contribution in [0.1, 0.15) is 6.92 Å². The molecule has 0 amide bonds. The molecule has 0 aliphatic carbocycles. The highest BCUT2D eigenvalue weighted by atomic mass is 16.5. The van der Waals surface area contributed by atoms with E-state index in [2.05, 4.69) is 10.2 Å². The number of carboxylic acids is 1. The molecule has 0 aromatic heterocycles. The van der Waals surface area contributed by atoms with E-state index in [4.69, 9.17) is 9.84 Å². The van der Waals surface area contributed by atoms with Crippen LogP contribution in [0, 0.1) is 0 Å². The van der Waals surface area contributed by atoms with Gasteiger partial charge < -0.3 is 15.2 Å². The van der Waals surface area contributed by atoms with Crippen LogP contribution in [0.15, 0.2) is 0 Å². The van der Waals surface area contributed by atoms with E-state index < -0.39 is 12.0 Å². The maximum Gasteiger partial charge on any atom is 0.320 e. The Bertz CT molecular complexity index is 181. The van der Waals surface area contributed by atoms with Crippen molar-refractivity contribution in [2.75, 3.05) is 39.4 Å². The van der Waals surface area contributed by atoms with Gasteiger partial charge in [-0.1, -0.05) is 0 Å². The van der Waals surface area contributed by atoms with Crippen LogP contribution in [0.2, 0.25) is 0 Å². The van der Waals surface area contributed by atoms with E-state index in [0.29, 0.717) is 6.54 Å². The van der Waals surface area contributed by atoms with Crippen LogP contribution in [0.4, 0.5) is 0 Å². The average Bonchev–Trinajstić information content (AvgIpc) is 2.19. The number of morpholine rings is 1. The van der Waals surface area contributed by atoms with Gasteiger partial charge in [0.25, 0.3) is 0 Å². The van der Waals surface area contributed by atoms with Crippen LogP contribution in [-0.4, -0.2) is 61.4 Å². The second kappa shape index (κ2) is 5.95. The van der Waals surface area contributed by atoms with Crippen LogP contribution < -0.4 is 5.32 Å². The first-order chi connectivity index (χ1) is 6.70. The minimum atomic E-state index is -0.799. The van der Waals surface area contributed by atoms with Crippen molar-refractivity contribution in [1.29, 1.82) is 0 Å². The van der Waals surface area contributed by atoms with Gasteiger partial charge >= 0.3 is 5.97 Å². The topological polar surface area (TPSA) is 61.8 Å². The second-order valence-electron chi connectivity index (χ2n) is 3.47. The zero-order valence-electron chi connectivity index (χ0n) is 8.53. The summed E-state index contributed by atoms with van der Waals surface area (Å²) in [6.07, 6.45) is 0. The molecule has 0 radical (unpaired) electrons. The fourth-order valence-electron chi connectivity index (χ4n) is 1.35. The Labute approximate surface area is 84.0 Å². The average molecular weight is 202 g/mol. The molecule has 0 bridgehead atoms. The molecule has 1 aliphatic heterocycles. The molecule has 0 unspecified atom stereocenters. The van der Waals surface area contributed by atoms with Crippen LogP contribution in [0.3, 0.4) is 0 Å². The Hall–Kier alpha value is -0.650. The first kappa shape index (κ1) is 11.4. The van der Waals surface area contributed by atoms with Gasteiger partial charge in [0, 0.05) is 26.2 Å². The molecule has 2 N–H and O–H groups in total. The summed E-state index contributed by atoms with van der Waals surface area (Å²) in [5.41, 5.74) is 0. The van der Waals surface area contributed by atoms with E-state index in [-0.39, 0.29) is 0 Å². The SMILES string of the molecule is C[C@H](NCCN1CCOCC1)C(=O)O. The highest BCUT2D eigenvalue weighted by Gasteiger charge is 2.12. The minimum Gasteiger partial charge on any atom is -0.480 e. The maximum atomic E-state index is 10.5. The van der Waals surface area contributed by atoms with E-state index in [1.54, 1.807) is 6.92 Å². The third kappa shape index (κ3) is 4.04. The summed E-state index contributed by atoms with van der Waals surface area (Å²) in [4.78, 5) is 12.8. The normalized spacial score (nSPS) is 20.6. The van der Waals surface area contributed by atoms with E-state index in [0.717, 1.165) is 32.8 Å². The fraction of sp³-hybridized carbons (Fsp3) is 0.889. The molecule has 5 heteroatoms. The van der Waals surface area contributed by atoms with Crippen molar-refractivity contribution in [2.45, 2.75) is 13.0 Å². The van der Waals surface area contributed by atoms with Gasteiger partial charge in [-0.2, -0.15) is 0 Å². The summed E-state index contributed by atoms with van der Waals surface area (Å²) < 4.78 is 5.21. The van der Waals surface area contributed by atoms with Crippen LogP contribution in [0.25, 0.3) is 0 Å². The monoisotopic (exact) mass is 202 g/mol. The number of carbonyl (C=O) groups is 1. The van der Waals surface area contributed by atoms with Gasteiger partial charge in [-0.15, -0.1) is 0 Å². The van der Waals surface area contributed by atoms with Crippen molar-refractivity contribution >= 4 is 5.97 Å². The Kier molecular flexibility index (Phi) is 4.86. The molecule has 1 aliphatic rings. The summed E-state index contributed by atoms with van der Waals surface area (Å²) in [5, 5.41) is 11.6. The van der Waals surface area contributed by atoms with Crippen LogP contribution in [-0.2, 0) is 9.53 Å². The second-order valence-corrected chi connectivity index (χ2v) is 3.47.